The topological polar surface area (TPSA) is 108 Å². The monoisotopic (exact) mass is 344 g/mol. The van der Waals surface area contributed by atoms with Gasteiger partial charge in [-0.05, 0) is 20.8 Å². The smallest absolute Gasteiger partial charge is 0.439 e. The molecular weight excluding hydrogens is 330 g/mol. The maximum Gasteiger partial charge on any atom is 0.439 e. The van der Waals surface area contributed by atoms with Gasteiger partial charge in [0.05, 0.1) is 0 Å². The Hall–Kier alpha value is -1.17. The number of rotatable bonds is 4. The Balaban J connectivity index is 2.05. The van der Waals surface area contributed by atoms with Gasteiger partial charge in [0, 0.05) is 0 Å². The minimum Gasteiger partial charge on any atom is -0.456 e. The van der Waals surface area contributed by atoms with Gasteiger partial charge in [-0.1, -0.05) is 0 Å². The van der Waals surface area contributed by atoms with Crippen LogP contribution in [0.2, 0.25) is 0 Å². The highest BCUT2D eigenvalue weighted by Gasteiger charge is 2.65. The highest BCUT2D eigenvalue weighted by molar-refractivity contribution is 7.81. The molecule has 0 saturated carbocycles. The molecule has 2 heterocycles. The molecule has 1 N–H and O–H groups in total. The first-order chi connectivity index (χ1) is 9.90. The zero-order valence-electron chi connectivity index (χ0n) is 11.8. The lowest BCUT2D eigenvalue weighted by Crippen LogP contribution is -2.43. The summed E-state index contributed by atoms with van der Waals surface area (Å²) in [7, 11) is 0. The first kappa shape index (κ1) is 17.2. The first-order valence-corrected chi connectivity index (χ1v) is 7.26. The van der Waals surface area contributed by atoms with E-state index in [2.05, 4.69) is 4.74 Å². The summed E-state index contributed by atoms with van der Waals surface area (Å²) in [6.45, 7) is 3.76. The van der Waals surface area contributed by atoms with Crippen LogP contribution in [0.1, 0.15) is 20.8 Å². The van der Waals surface area contributed by atoms with E-state index in [0.29, 0.717) is 0 Å². The van der Waals surface area contributed by atoms with Gasteiger partial charge < -0.3 is 23.5 Å². The van der Waals surface area contributed by atoms with Crippen molar-refractivity contribution in [3.63, 3.8) is 0 Å². The van der Waals surface area contributed by atoms with E-state index in [0.717, 1.165) is 0 Å². The van der Waals surface area contributed by atoms with E-state index in [1.165, 1.54) is 6.92 Å². The van der Waals surface area contributed by atoms with Crippen LogP contribution in [0.5, 0.6) is 0 Å². The Morgan fingerprint density at radius 2 is 2.05 bits per heavy atom. The molecule has 4 unspecified atom stereocenters. The molecule has 8 nitrogen and oxygen atoms in total. The van der Waals surface area contributed by atoms with Gasteiger partial charge in [-0.2, -0.15) is 8.78 Å². The third-order valence-corrected chi connectivity index (χ3v) is 3.85. The summed E-state index contributed by atoms with van der Waals surface area (Å²) in [6, 6.07) is 0. The number of halogens is 2. The average molecular weight is 344 g/mol. The molecule has 0 spiro atoms. The standard InChI is InChI=1S/C11H14F2O8S/c1-9(2)20-6-5(19-7(14)10(6,3)21-9)4-18-8(15)11(12,13)22(16)17/h5-6H,4H2,1-3H3,(H,16,17). The summed E-state index contributed by atoms with van der Waals surface area (Å²) >= 11 is -3.71. The Morgan fingerprint density at radius 1 is 1.45 bits per heavy atom. The lowest BCUT2D eigenvalue weighted by atomic mass is 9.99. The first-order valence-electron chi connectivity index (χ1n) is 6.15. The molecule has 0 aromatic carbocycles. The van der Waals surface area contributed by atoms with Crippen molar-refractivity contribution in [2.45, 2.75) is 49.6 Å². The third-order valence-electron chi connectivity index (χ3n) is 3.25. The number of alkyl halides is 2. The molecule has 126 valence electrons. The van der Waals surface area contributed by atoms with Crippen LogP contribution in [0.3, 0.4) is 0 Å². The molecule has 2 aliphatic heterocycles. The molecule has 2 fully saturated rings. The molecule has 2 rings (SSSR count). The van der Waals surface area contributed by atoms with E-state index < -0.39 is 58.5 Å². The fraction of sp³-hybridized carbons (Fsp3) is 0.818. The summed E-state index contributed by atoms with van der Waals surface area (Å²) < 4.78 is 64.7. The van der Waals surface area contributed by atoms with Crippen LogP contribution in [0.25, 0.3) is 0 Å². The number of cyclic esters (lactones) is 1. The third kappa shape index (κ3) is 2.73. The van der Waals surface area contributed by atoms with E-state index >= 15 is 0 Å². The second kappa shape index (κ2) is 5.18. The van der Waals surface area contributed by atoms with E-state index in [1.807, 2.05) is 0 Å². The van der Waals surface area contributed by atoms with E-state index in [4.69, 9.17) is 18.8 Å². The maximum atomic E-state index is 13.0. The van der Waals surface area contributed by atoms with E-state index in [9.17, 15) is 22.6 Å². The molecule has 11 heteroatoms. The van der Waals surface area contributed by atoms with Gasteiger partial charge in [-0.25, -0.2) is 13.8 Å². The van der Waals surface area contributed by atoms with Gasteiger partial charge in [0.1, 0.15) is 12.7 Å². The lowest BCUT2D eigenvalue weighted by Gasteiger charge is -2.21. The van der Waals surface area contributed by atoms with Crippen LogP contribution in [0, 0.1) is 0 Å². The van der Waals surface area contributed by atoms with E-state index in [-0.39, 0.29) is 0 Å². The molecule has 22 heavy (non-hydrogen) atoms. The van der Waals surface area contributed by atoms with Crippen molar-refractivity contribution in [3.8, 4) is 0 Å². The van der Waals surface area contributed by atoms with Crippen molar-refractivity contribution < 1.29 is 46.1 Å². The van der Waals surface area contributed by atoms with Gasteiger partial charge in [0.15, 0.2) is 17.5 Å². The number of hydrogen-bond donors (Lipinski definition) is 1. The van der Waals surface area contributed by atoms with Gasteiger partial charge in [0.2, 0.25) is 11.1 Å². The highest BCUT2D eigenvalue weighted by atomic mass is 32.2. The fourth-order valence-corrected chi connectivity index (χ4v) is 2.55. The zero-order chi connectivity index (χ0) is 16.9. The molecule has 0 radical (unpaired) electrons. The minimum atomic E-state index is -4.57. The molecule has 0 aromatic rings. The van der Waals surface area contributed by atoms with Crippen LogP contribution in [-0.2, 0) is 39.6 Å². The molecule has 4 atom stereocenters. The second-order valence-corrected chi connectivity index (χ2v) is 6.47. The van der Waals surface area contributed by atoms with Crippen LogP contribution in [0.15, 0.2) is 0 Å². The fourth-order valence-electron chi connectivity index (χ4n) is 2.35. The van der Waals surface area contributed by atoms with Crippen molar-refractivity contribution in [2.24, 2.45) is 0 Å². The van der Waals surface area contributed by atoms with E-state index in [1.54, 1.807) is 13.8 Å². The maximum absolute atomic E-state index is 13.0. The van der Waals surface area contributed by atoms with Crippen molar-refractivity contribution in [1.29, 1.82) is 0 Å². The summed E-state index contributed by atoms with van der Waals surface area (Å²) in [6.07, 6.45) is -2.12. The SMILES string of the molecule is CC1(C)OC2C(COC(=O)C(F)(F)S(=O)O)OC(=O)C2(C)O1. The molecule has 0 amide bonds. The number of hydrogen-bond acceptors (Lipinski definition) is 7. The van der Waals surface area contributed by atoms with Gasteiger partial charge in [-0.3, -0.25) is 0 Å². The Morgan fingerprint density at radius 3 is 2.59 bits per heavy atom. The Bertz CT molecular complexity index is 536. The van der Waals surface area contributed by atoms with Crippen LogP contribution in [0.4, 0.5) is 8.78 Å². The summed E-state index contributed by atoms with van der Waals surface area (Å²) in [5, 5.41) is -4.57. The summed E-state index contributed by atoms with van der Waals surface area (Å²) in [4.78, 5) is 22.9. The quantitative estimate of drug-likeness (QED) is 0.568. The lowest BCUT2D eigenvalue weighted by molar-refractivity contribution is -0.200. The Labute approximate surface area is 126 Å². The molecule has 0 bridgehead atoms. The molecule has 2 aliphatic rings. The minimum absolute atomic E-state index is 0.753. The Kier molecular flexibility index (Phi) is 4.05. The highest BCUT2D eigenvalue weighted by Crippen LogP contribution is 2.43. The number of fused-ring (bicyclic) bond motifs is 1. The van der Waals surface area contributed by atoms with Gasteiger partial charge in [0.25, 0.3) is 0 Å². The van der Waals surface area contributed by atoms with Crippen LogP contribution < -0.4 is 0 Å². The zero-order valence-corrected chi connectivity index (χ0v) is 12.6. The number of carbonyl (C=O) groups excluding carboxylic acids is 2. The van der Waals surface area contributed by atoms with Gasteiger partial charge in [-0.15, -0.1) is 0 Å². The number of esters is 2. The average Bonchev–Trinajstić information content (AvgIpc) is 2.75. The predicted molar refractivity (Wildman–Crippen MR) is 65.0 cm³/mol. The molecule has 2 saturated heterocycles. The molecular formula is C11H14F2O8S. The molecule has 0 aromatic heterocycles. The van der Waals surface area contributed by atoms with Crippen molar-refractivity contribution in [3.05, 3.63) is 0 Å². The normalized spacial score (nSPS) is 34.9. The van der Waals surface area contributed by atoms with Crippen LogP contribution >= 0.6 is 0 Å². The van der Waals surface area contributed by atoms with Crippen molar-refractivity contribution >= 4 is 23.0 Å². The van der Waals surface area contributed by atoms with Crippen molar-refractivity contribution in [2.75, 3.05) is 6.61 Å². The predicted octanol–water partition coefficient (Wildman–Crippen LogP) is 0.180. The molecule has 0 aliphatic carbocycles. The van der Waals surface area contributed by atoms with Crippen molar-refractivity contribution in [1.82, 2.24) is 0 Å². The number of ether oxygens (including phenoxy) is 4. The van der Waals surface area contributed by atoms with Crippen LogP contribution in [-0.4, -0.2) is 56.2 Å². The summed E-state index contributed by atoms with van der Waals surface area (Å²) in [5.41, 5.74) is -1.44. The number of carbonyl (C=O) groups is 2. The second-order valence-electron chi connectivity index (χ2n) is 5.46. The largest absolute Gasteiger partial charge is 0.456 e. The summed E-state index contributed by atoms with van der Waals surface area (Å²) in [5.74, 6) is -4.07. The van der Waals surface area contributed by atoms with Gasteiger partial charge >= 0.3 is 17.2 Å².